The number of amides is 1. The second kappa shape index (κ2) is 4.89. The summed E-state index contributed by atoms with van der Waals surface area (Å²) < 4.78 is 6.45. The van der Waals surface area contributed by atoms with E-state index in [1.807, 2.05) is 0 Å². The molecule has 0 aliphatic carbocycles. The average molecular weight is 266 g/mol. The first-order valence-electron chi connectivity index (χ1n) is 5.51. The monoisotopic (exact) mass is 266 g/mol. The van der Waals surface area contributed by atoms with Crippen LogP contribution in [0.4, 0.5) is 5.69 Å². The van der Waals surface area contributed by atoms with Gasteiger partial charge in [0.1, 0.15) is 0 Å². The molecule has 18 heavy (non-hydrogen) atoms. The van der Waals surface area contributed by atoms with Gasteiger partial charge in [0.05, 0.1) is 5.52 Å². The molecule has 0 atom stereocenters. The minimum absolute atomic E-state index is 0.0159. The summed E-state index contributed by atoms with van der Waals surface area (Å²) >= 11 is 4.04. The minimum Gasteiger partial charge on any atom is -0.408 e. The van der Waals surface area contributed by atoms with E-state index >= 15 is 0 Å². The summed E-state index contributed by atoms with van der Waals surface area (Å²) in [5, 5.41) is 0. The molecule has 1 heterocycles. The van der Waals surface area contributed by atoms with E-state index in [0.717, 1.165) is 5.69 Å². The largest absolute Gasteiger partial charge is 0.419 e. The van der Waals surface area contributed by atoms with Gasteiger partial charge in [0.2, 0.25) is 5.91 Å². The van der Waals surface area contributed by atoms with Crippen LogP contribution >= 0.6 is 12.6 Å². The molecule has 1 aromatic heterocycles. The molecular formula is C12H14N2O3S. The van der Waals surface area contributed by atoms with E-state index in [9.17, 15) is 9.59 Å². The fourth-order valence-corrected chi connectivity index (χ4v) is 1.92. The van der Waals surface area contributed by atoms with Gasteiger partial charge in [-0.3, -0.25) is 9.36 Å². The third-order valence-electron chi connectivity index (χ3n) is 2.86. The molecule has 0 bridgehead atoms. The maximum Gasteiger partial charge on any atom is 0.419 e. The van der Waals surface area contributed by atoms with Crippen molar-refractivity contribution in [3.8, 4) is 0 Å². The van der Waals surface area contributed by atoms with Gasteiger partial charge in [0.15, 0.2) is 5.58 Å². The first-order valence-corrected chi connectivity index (χ1v) is 6.15. The molecule has 0 unspecified atom stereocenters. The van der Waals surface area contributed by atoms with Crippen molar-refractivity contribution in [2.45, 2.75) is 6.42 Å². The van der Waals surface area contributed by atoms with Gasteiger partial charge in [-0.05, 0) is 24.0 Å². The third kappa shape index (κ3) is 2.15. The third-order valence-corrected chi connectivity index (χ3v) is 3.09. The maximum absolute atomic E-state index is 11.8. The van der Waals surface area contributed by atoms with Gasteiger partial charge in [0.25, 0.3) is 0 Å². The van der Waals surface area contributed by atoms with Gasteiger partial charge in [-0.2, -0.15) is 12.6 Å². The number of nitrogens with zero attached hydrogens (tertiary/aromatic N) is 2. The van der Waals surface area contributed by atoms with E-state index in [4.69, 9.17) is 4.42 Å². The molecule has 2 rings (SSSR count). The van der Waals surface area contributed by atoms with Gasteiger partial charge < -0.3 is 9.32 Å². The molecule has 96 valence electrons. The molecule has 5 nitrogen and oxygen atoms in total. The van der Waals surface area contributed by atoms with Crippen LogP contribution in [0.25, 0.3) is 11.1 Å². The highest BCUT2D eigenvalue weighted by Crippen LogP contribution is 2.20. The number of aromatic nitrogens is 1. The van der Waals surface area contributed by atoms with Crippen LogP contribution in [-0.4, -0.2) is 23.3 Å². The van der Waals surface area contributed by atoms with Crippen molar-refractivity contribution in [1.82, 2.24) is 4.57 Å². The lowest BCUT2D eigenvalue weighted by Crippen LogP contribution is -2.26. The Bertz CT molecular complexity index is 644. The predicted octanol–water partition coefficient (Wildman–Crippen LogP) is 1.41. The molecule has 0 saturated carbocycles. The zero-order valence-electron chi connectivity index (χ0n) is 10.2. The van der Waals surface area contributed by atoms with E-state index in [2.05, 4.69) is 12.6 Å². The Labute approximate surface area is 109 Å². The quantitative estimate of drug-likeness (QED) is 0.855. The standard InChI is InChI=1S/C12H14N2O3S/c1-13(11(15)5-6-18)8-3-4-10-9(7-8)14(2)12(16)17-10/h3-4,7,18H,5-6H2,1-2H3. The van der Waals surface area contributed by atoms with Gasteiger partial charge in [-0.1, -0.05) is 0 Å². The second-order valence-electron chi connectivity index (χ2n) is 4.01. The summed E-state index contributed by atoms with van der Waals surface area (Å²) in [5.41, 5.74) is 1.91. The topological polar surface area (TPSA) is 55.5 Å². The fourth-order valence-electron chi connectivity index (χ4n) is 1.73. The molecule has 0 aliphatic heterocycles. The highest BCUT2D eigenvalue weighted by molar-refractivity contribution is 7.80. The number of anilines is 1. The van der Waals surface area contributed by atoms with Crippen LogP contribution in [0.5, 0.6) is 0 Å². The highest BCUT2D eigenvalue weighted by atomic mass is 32.1. The van der Waals surface area contributed by atoms with E-state index < -0.39 is 5.76 Å². The average Bonchev–Trinajstić information content (AvgIpc) is 2.64. The van der Waals surface area contributed by atoms with Gasteiger partial charge in [0, 0.05) is 26.2 Å². The summed E-state index contributed by atoms with van der Waals surface area (Å²) in [6, 6.07) is 5.20. The fraction of sp³-hybridized carbons (Fsp3) is 0.333. The van der Waals surface area contributed by atoms with Crippen LogP contribution in [0.15, 0.2) is 27.4 Å². The Kier molecular flexibility index (Phi) is 3.47. The number of aryl methyl sites for hydroxylation is 1. The van der Waals surface area contributed by atoms with Crippen molar-refractivity contribution >= 4 is 35.3 Å². The predicted molar refractivity (Wildman–Crippen MR) is 73.3 cm³/mol. The smallest absolute Gasteiger partial charge is 0.408 e. The SMILES string of the molecule is CN(C(=O)CCS)c1ccc2oc(=O)n(C)c2c1. The van der Waals surface area contributed by atoms with Crippen molar-refractivity contribution in [3.63, 3.8) is 0 Å². The molecule has 0 aliphatic rings. The van der Waals surface area contributed by atoms with E-state index in [0.29, 0.717) is 23.3 Å². The summed E-state index contributed by atoms with van der Waals surface area (Å²) in [6.07, 6.45) is 0.377. The number of carbonyl (C=O) groups is 1. The van der Waals surface area contributed by atoms with Crippen LogP contribution in [0.3, 0.4) is 0 Å². The van der Waals surface area contributed by atoms with Crippen LogP contribution in [-0.2, 0) is 11.8 Å². The Hall–Kier alpha value is -1.69. The van der Waals surface area contributed by atoms with Gasteiger partial charge in [-0.15, -0.1) is 0 Å². The molecule has 1 aromatic carbocycles. The summed E-state index contributed by atoms with van der Waals surface area (Å²) in [7, 11) is 3.33. The summed E-state index contributed by atoms with van der Waals surface area (Å²) in [6.45, 7) is 0. The Balaban J connectivity index is 2.43. The molecule has 0 N–H and O–H groups in total. The van der Waals surface area contributed by atoms with Crippen LogP contribution in [0.2, 0.25) is 0 Å². The minimum atomic E-state index is -0.411. The molecule has 0 spiro atoms. The summed E-state index contributed by atoms with van der Waals surface area (Å²) in [4.78, 5) is 24.7. The van der Waals surface area contributed by atoms with Crippen molar-refractivity contribution in [2.75, 3.05) is 17.7 Å². The van der Waals surface area contributed by atoms with E-state index in [1.54, 1.807) is 37.2 Å². The maximum atomic E-state index is 11.8. The van der Waals surface area contributed by atoms with Crippen molar-refractivity contribution in [2.24, 2.45) is 7.05 Å². The first-order chi connectivity index (χ1) is 8.54. The Morgan fingerprint density at radius 3 is 2.89 bits per heavy atom. The van der Waals surface area contributed by atoms with Gasteiger partial charge in [-0.25, -0.2) is 4.79 Å². The lowest BCUT2D eigenvalue weighted by molar-refractivity contribution is -0.117. The molecule has 6 heteroatoms. The molecule has 0 fully saturated rings. The zero-order chi connectivity index (χ0) is 13.3. The summed E-state index contributed by atoms with van der Waals surface area (Å²) in [5.74, 6) is 0.0830. The van der Waals surface area contributed by atoms with E-state index in [1.165, 1.54) is 4.57 Å². The number of benzene rings is 1. The molecule has 0 saturated heterocycles. The number of hydrogen-bond donors (Lipinski definition) is 1. The number of fused-ring (bicyclic) bond motifs is 1. The molecular weight excluding hydrogens is 252 g/mol. The number of oxazole rings is 1. The Morgan fingerprint density at radius 2 is 2.22 bits per heavy atom. The number of thiol groups is 1. The van der Waals surface area contributed by atoms with Crippen LogP contribution < -0.4 is 10.7 Å². The number of carbonyl (C=O) groups excluding carboxylic acids is 1. The molecule has 1 amide bonds. The lowest BCUT2D eigenvalue weighted by atomic mass is 10.2. The number of rotatable bonds is 3. The highest BCUT2D eigenvalue weighted by Gasteiger charge is 2.12. The van der Waals surface area contributed by atoms with Crippen molar-refractivity contribution in [1.29, 1.82) is 0 Å². The first kappa shape index (κ1) is 12.8. The van der Waals surface area contributed by atoms with Crippen molar-refractivity contribution in [3.05, 3.63) is 28.7 Å². The number of hydrogen-bond acceptors (Lipinski definition) is 4. The zero-order valence-corrected chi connectivity index (χ0v) is 11.1. The lowest BCUT2D eigenvalue weighted by Gasteiger charge is -2.16. The van der Waals surface area contributed by atoms with E-state index in [-0.39, 0.29) is 5.91 Å². The Morgan fingerprint density at radius 1 is 1.50 bits per heavy atom. The van der Waals surface area contributed by atoms with Gasteiger partial charge >= 0.3 is 5.76 Å². The normalized spacial score (nSPS) is 10.8. The van der Waals surface area contributed by atoms with Crippen molar-refractivity contribution < 1.29 is 9.21 Å². The second-order valence-corrected chi connectivity index (χ2v) is 4.45. The molecule has 0 radical (unpaired) electrons. The molecule has 2 aromatic rings. The van der Waals surface area contributed by atoms with Crippen LogP contribution in [0.1, 0.15) is 6.42 Å². The van der Waals surface area contributed by atoms with Crippen LogP contribution in [0, 0.1) is 0 Å².